The molecule has 0 unspecified atom stereocenters. The van der Waals surface area contributed by atoms with Gasteiger partial charge in [0.1, 0.15) is 16.5 Å². The van der Waals surface area contributed by atoms with Crippen molar-refractivity contribution in [3.8, 4) is 0 Å². The summed E-state index contributed by atoms with van der Waals surface area (Å²) in [7, 11) is -2.14. The van der Waals surface area contributed by atoms with Crippen molar-refractivity contribution in [2.24, 2.45) is 0 Å². The molecule has 0 atom stereocenters. The zero-order valence-corrected chi connectivity index (χ0v) is 13.5. The quantitative estimate of drug-likeness (QED) is 0.562. The molecule has 11 heavy (non-hydrogen) atoms. The molecule has 0 saturated heterocycles. The third-order valence-electron chi connectivity index (χ3n) is 1.74. The molecule has 1 nitrogen and oxygen atoms in total. The Kier molecular flexibility index (Phi) is 4.25. The average molecular weight is 270 g/mol. The van der Waals surface area contributed by atoms with Crippen molar-refractivity contribution in [2.45, 2.75) is 39.3 Å². The van der Waals surface area contributed by atoms with Crippen LogP contribution in [-0.4, -0.2) is 28.7 Å². The second kappa shape index (κ2) is 3.87. The van der Waals surface area contributed by atoms with E-state index in [1.54, 1.807) is 0 Å². The van der Waals surface area contributed by atoms with Crippen LogP contribution in [0.15, 0.2) is 0 Å². The van der Waals surface area contributed by atoms with Gasteiger partial charge in [0.15, 0.2) is 8.30 Å². The molecule has 0 heterocycles. The third-order valence-corrected chi connectivity index (χ3v) is 20.2. The summed E-state index contributed by atoms with van der Waals surface area (Å²) in [6.07, 6.45) is 0. The molecule has 0 aromatic rings. The van der Waals surface area contributed by atoms with E-state index < -0.39 is 16.5 Å². The van der Waals surface area contributed by atoms with Crippen LogP contribution in [0.3, 0.4) is 0 Å². The van der Waals surface area contributed by atoms with Gasteiger partial charge in [-0.15, -0.1) is 15.3 Å². The van der Waals surface area contributed by atoms with E-state index in [1.807, 2.05) is 0 Å². The number of nitrogens with zero attached hydrogens (tertiary/aromatic N) is 1. The first-order valence-electron chi connectivity index (χ1n) is 4.03. The normalized spacial score (nSPS) is 15.3. The second-order valence-electron chi connectivity index (χ2n) is 4.89. The molecule has 0 aromatic heterocycles. The fraction of sp³-hybridized carbons (Fsp3) is 1.00. The van der Waals surface area contributed by atoms with Gasteiger partial charge in [-0.1, -0.05) is 39.3 Å². The molecule has 0 fully saturated rings. The molecule has 0 aliphatic heterocycles. The summed E-state index contributed by atoms with van der Waals surface area (Å²) >= 11 is 3.72. The molecule has 0 N–H and O–H groups in total. The first-order chi connectivity index (χ1) is 4.69. The monoisotopic (exact) mass is 269 g/mol. The van der Waals surface area contributed by atoms with E-state index in [-0.39, 0.29) is 8.30 Å². The van der Waals surface area contributed by atoms with Gasteiger partial charge in [-0.2, -0.15) is 0 Å². The minimum atomic E-state index is -1.01. The molecular formula is C6H20BrNSi3. The summed E-state index contributed by atoms with van der Waals surface area (Å²) in [6, 6.07) is 0. The predicted molar refractivity (Wildman–Crippen MR) is 66.0 cm³/mol. The van der Waals surface area contributed by atoms with Crippen LogP contribution in [0, 0.1) is 0 Å². The van der Waals surface area contributed by atoms with Gasteiger partial charge in [-0.3, -0.25) is 0 Å². The minimum Gasteiger partial charge on any atom is -0.365 e. The predicted octanol–water partition coefficient (Wildman–Crippen LogP) is 2.35. The highest BCUT2D eigenvalue weighted by Gasteiger charge is 2.32. The number of hydrogen-bond donors (Lipinski definition) is 0. The van der Waals surface area contributed by atoms with Crippen LogP contribution >= 0.6 is 15.3 Å². The van der Waals surface area contributed by atoms with Crippen LogP contribution in [-0.2, 0) is 0 Å². The van der Waals surface area contributed by atoms with E-state index in [0.717, 1.165) is 0 Å². The standard InChI is InChI=1S/C6H20BrNSi3/c1-10(2,3)8(9-7)11(4,5)6/h9H2,1-6H3. The number of hydrogen-bond acceptors (Lipinski definition) is 1. The van der Waals surface area contributed by atoms with Gasteiger partial charge >= 0.3 is 0 Å². The maximum absolute atomic E-state index is 3.72. The lowest BCUT2D eigenvalue weighted by Crippen LogP contribution is -2.59. The van der Waals surface area contributed by atoms with E-state index in [9.17, 15) is 0 Å². The smallest absolute Gasteiger partial charge is 0.158 e. The van der Waals surface area contributed by atoms with Crippen molar-refractivity contribution in [1.82, 2.24) is 3.90 Å². The van der Waals surface area contributed by atoms with Gasteiger partial charge in [0.25, 0.3) is 0 Å². The van der Waals surface area contributed by atoms with E-state index >= 15 is 0 Å². The maximum atomic E-state index is 3.72. The topological polar surface area (TPSA) is 3.24 Å². The van der Waals surface area contributed by atoms with Crippen LogP contribution in [0.4, 0.5) is 0 Å². The highest BCUT2D eigenvalue weighted by atomic mass is 79.9. The molecular weight excluding hydrogens is 250 g/mol. The largest absolute Gasteiger partial charge is 0.365 e. The Morgan fingerprint density at radius 2 is 1.18 bits per heavy atom. The second-order valence-corrected chi connectivity index (χ2v) is 18.7. The van der Waals surface area contributed by atoms with Gasteiger partial charge in [-0.05, 0) is 0 Å². The van der Waals surface area contributed by atoms with E-state index in [1.165, 1.54) is 0 Å². The van der Waals surface area contributed by atoms with Gasteiger partial charge in [0, 0.05) is 0 Å². The third kappa shape index (κ3) is 4.02. The minimum absolute atomic E-state index is 0.111. The van der Waals surface area contributed by atoms with Gasteiger partial charge in [-0.25, -0.2) is 0 Å². The Hall–Kier alpha value is 1.09. The van der Waals surface area contributed by atoms with Crippen molar-refractivity contribution in [2.75, 3.05) is 0 Å². The van der Waals surface area contributed by atoms with E-state index in [2.05, 4.69) is 58.5 Å². The fourth-order valence-corrected chi connectivity index (χ4v) is 25.8. The molecule has 5 heteroatoms. The van der Waals surface area contributed by atoms with E-state index in [4.69, 9.17) is 0 Å². The van der Waals surface area contributed by atoms with Crippen LogP contribution in [0.1, 0.15) is 0 Å². The van der Waals surface area contributed by atoms with Gasteiger partial charge in [0.05, 0.1) is 0 Å². The molecule has 0 aliphatic carbocycles. The number of rotatable bonds is 3. The van der Waals surface area contributed by atoms with Gasteiger partial charge in [0.2, 0.25) is 0 Å². The van der Waals surface area contributed by atoms with E-state index in [0.29, 0.717) is 0 Å². The SMILES string of the molecule is C[Si](C)(C)N([SiH2]Br)[Si](C)(C)C. The fourth-order valence-electron chi connectivity index (χ4n) is 1.36. The number of halogens is 1. The summed E-state index contributed by atoms with van der Waals surface area (Å²) in [5.41, 5.74) is 0. The lowest BCUT2D eigenvalue weighted by atomic mass is 11.8. The molecule has 0 aliphatic rings. The highest BCUT2D eigenvalue weighted by molar-refractivity contribution is 9.23. The lowest BCUT2D eigenvalue weighted by molar-refractivity contribution is 0.970. The summed E-state index contributed by atoms with van der Waals surface area (Å²) in [5, 5.41) is 0. The summed E-state index contributed by atoms with van der Waals surface area (Å²) in [6.45, 7) is 14.7. The summed E-state index contributed by atoms with van der Waals surface area (Å²) < 4.78 is 2.83. The molecule has 0 spiro atoms. The van der Waals surface area contributed by atoms with Gasteiger partial charge < -0.3 is 3.90 Å². The van der Waals surface area contributed by atoms with Crippen LogP contribution in [0.5, 0.6) is 0 Å². The molecule has 0 bridgehead atoms. The Morgan fingerprint density at radius 1 is 0.909 bits per heavy atom. The van der Waals surface area contributed by atoms with Crippen molar-refractivity contribution < 1.29 is 0 Å². The Bertz CT molecular complexity index is 113. The lowest BCUT2D eigenvalue weighted by Gasteiger charge is -2.42. The first kappa shape index (κ1) is 12.1. The molecule has 0 radical (unpaired) electrons. The average Bonchev–Trinajstić information content (AvgIpc) is 1.56. The van der Waals surface area contributed by atoms with Crippen LogP contribution in [0.25, 0.3) is 0 Å². The molecule has 0 saturated carbocycles. The maximum Gasteiger partial charge on any atom is 0.158 e. The Morgan fingerprint density at radius 3 is 1.18 bits per heavy atom. The van der Waals surface area contributed by atoms with Crippen molar-refractivity contribution in [3.05, 3.63) is 0 Å². The Labute approximate surface area is 83.2 Å². The van der Waals surface area contributed by atoms with Crippen LogP contribution < -0.4 is 0 Å². The molecule has 0 amide bonds. The van der Waals surface area contributed by atoms with Crippen molar-refractivity contribution in [1.29, 1.82) is 0 Å². The molecule has 0 aromatic carbocycles. The first-order valence-corrected chi connectivity index (χ1v) is 15.5. The Balaban J connectivity index is 4.43. The van der Waals surface area contributed by atoms with Crippen molar-refractivity contribution in [3.63, 3.8) is 0 Å². The van der Waals surface area contributed by atoms with Crippen molar-refractivity contribution >= 4 is 40.1 Å². The highest BCUT2D eigenvalue weighted by Crippen LogP contribution is 2.18. The molecule has 68 valence electrons. The zero-order chi connectivity index (χ0) is 9.28. The molecule has 0 rings (SSSR count). The van der Waals surface area contributed by atoms with Crippen LogP contribution in [0.2, 0.25) is 39.3 Å². The summed E-state index contributed by atoms with van der Waals surface area (Å²) in [4.78, 5) is 0. The summed E-state index contributed by atoms with van der Waals surface area (Å²) in [5.74, 6) is 0. The zero-order valence-electron chi connectivity index (χ0n) is 8.53.